The number of carbonyl (C=O) groups excluding carboxylic acids is 2. The minimum Gasteiger partial charge on any atom is -0.350 e. The van der Waals surface area contributed by atoms with Crippen LogP contribution >= 0.6 is 0 Å². The van der Waals surface area contributed by atoms with Crippen LogP contribution in [0.5, 0.6) is 0 Å². The summed E-state index contributed by atoms with van der Waals surface area (Å²) in [5.41, 5.74) is 0.921. The summed E-state index contributed by atoms with van der Waals surface area (Å²) in [6.07, 6.45) is 4.29. The summed E-state index contributed by atoms with van der Waals surface area (Å²) in [6, 6.07) is 0. The molecule has 2 aromatic rings. The fourth-order valence-corrected chi connectivity index (χ4v) is 5.58. The molecule has 12 heteroatoms. The van der Waals surface area contributed by atoms with Crippen LogP contribution in [0, 0.1) is 18.8 Å². The molecule has 2 amide bonds. The first-order valence-corrected chi connectivity index (χ1v) is 13.2. The number of carbonyl (C=O) groups is 2. The van der Waals surface area contributed by atoms with Gasteiger partial charge in [-0.15, -0.1) is 0 Å². The highest BCUT2D eigenvalue weighted by molar-refractivity contribution is 7.89. The van der Waals surface area contributed by atoms with Gasteiger partial charge in [-0.05, 0) is 39.5 Å². The Hall–Kier alpha value is -2.73. The zero-order chi connectivity index (χ0) is 25.0. The first-order chi connectivity index (χ1) is 16.1. The second-order valence-corrected chi connectivity index (χ2v) is 10.9. The smallest absolute Gasteiger partial charge is 0.273 e. The second kappa shape index (κ2) is 10.7. The van der Waals surface area contributed by atoms with E-state index in [0.29, 0.717) is 50.4 Å². The van der Waals surface area contributed by atoms with Crippen molar-refractivity contribution in [2.45, 2.75) is 65.4 Å². The third-order valence-corrected chi connectivity index (χ3v) is 7.80. The number of aryl methyl sites for hydroxylation is 3. The van der Waals surface area contributed by atoms with Crippen LogP contribution in [0.15, 0.2) is 17.3 Å². The molecule has 2 N–H and O–H groups in total. The molecular weight excluding hydrogens is 458 g/mol. The molecule has 0 aromatic carbocycles. The van der Waals surface area contributed by atoms with Gasteiger partial charge >= 0.3 is 0 Å². The highest BCUT2D eigenvalue weighted by Gasteiger charge is 2.35. The molecule has 0 saturated carbocycles. The Bertz CT molecular complexity index is 1140. The number of anilines is 1. The van der Waals surface area contributed by atoms with Gasteiger partial charge in [0.1, 0.15) is 4.90 Å². The molecule has 0 spiro atoms. The Labute approximate surface area is 200 Å². The largest absolute Gasteiger partial charge is 0.350 e. The fraction of sp³-hybridized carbons (Fsp3) is 0.636. The number of hydrogen-bond acceptors (Lipinski definition) is 6. The summed E-state index contributed by atoms with van der Waals surface area (Å²) in [5, 5.41) is 14.2. The lowest BCUT2D eigenvalue weighted by atomic mass is 9.99. The Kier molecular flexibility index (Phi) is 8.13. The standard InChI is InChI=1S/C22H35N7O4S/c1-6-27-13-18(20(26-27)22(31)23-11-15(3)4)24-21(30)17-9-8-10-29(12-17)34(32,33)19-14-28(7-2)25-16(19)5/h13-15,17H,6-12H2,1-5H3,(H,23,31)(H,24,30). The van der Waals surface area contributed by atoms with E-state index in [0.717, 1.165) is 0 Å². The summed E-state index contributed by atoms with van der Waals surface area (Å²) in [5.74, 6) is -0.943. The van der Waals surface area contributed by atoms with Gasteiger partial charge in [0.05, 0.1) is 17.3 Å². The van der Waals surface area contributed by atoms with E-state index in [4.69, 9.17) is 0 Å². The van der Waals surface area contributed by atoms with E-state index in [-0.39, 0.29) is 34.9 Å². The molecule has 2 aromatic heterocycles. The van der Waals surface area contributed by atoms with Gasteiger partial charge < -0.3 is 10.6 Å². The number of sulfonamides is 1. The van der Waals surface area contributed by atoms with E-state index in [9.17, 15) is 18.0 Å². The van der Waals surface area contributed by atoms with Gasteiger partial charge in [0.25, 0.3) is 5.91 Å². The van der Waals surface area contributed by atoms with Crippen molar-refractivity contribution in [1.29, 1.82) is 0 Å². The molecule has 1 atom stereocenters. The van der Waals surface area contributed by atoms with Crippen LogP contribution in [0.1, 0.15) is 56.7 Å². The minimum atomic E-state index is -3.77. The Morgan fingerprint density at radius 2 is 1.82 bits per heavy atom. The van der Waals surface area contributed by atoms with Gasteiger partial charge in [-0.1, -0.05) is 13.8 Å². The molecular formula is C22H35N7O4S. The van der Waals surface area contributed by atoms with Crippen LogP contribution in [-0.4, -0.2) is 63.7 Å². The van der Waals surface area contributed by atoms with Gasteiger partial charge in [-0.3, -0.25) is 19.0 Å². The topological polar surface area (TPSA) is 131 Å². The number of hydrogen-bond donors (Lipinski definition) is 2. The van der Waals surface area contributed by atoms with E-state index in [2.05, 4.69) is 20.8 Å². The molecule has 3 rings (SSSR count). The molecule has 1 fully saturated rings. The van der Waals surface area contributed by atoms with Crippen molar-refractivity contribution in [3.8, 4) is 0 Å². The van der Waals surface area contributed by atoms with Crippen LogP contribution in [-0.2, 0) is 27.9 Å². The van der Waals surface area contributed by atoms with Gasteiger partial charge in [0.2, 0.25) is 15.9 Å². The summed E-state index contributed by atoms with van der Waals surface area (Å²) in [4.78, 5) is 25.9. The van der Waals surface area contributed by atoms with Crippen LogP contribution < -0.4 is 10.6 Å². The normalized spacial score (nSPS) is 17.2. The van der Waals surface area contributed by atoms with Crippen molar-refractivity contribution in [3.63, 3.8) is 0 Å². The zero-order valence-electron chi connectivity index (χ0n) is 20.5. The maximum atomic E-state index is 13.3. The highest BCUT2D eigenvalue weighted by atomic mass is 32.2. The molecule has 3 heterocycles. The van der Waals surface area contributed by atoms with Gasteiger partial charge in [0, 0.05) is 45.1 Å². The van der Waals surface area contributed by atoms with Crippen LogP contribution in [0.25, 0.3) is 0 Å². The third-order valence-electron chi connectivity index (χ3n) is 5.83. The minimum absolute atomic E-state index is 0.0711. The average molecular weight is 494 g/mol. The number of nitrogens with zero attached hydrogens (tertiary/aromatic N) is 5. The monoisotopic (exact) mass is 493 g/mol. The molecule has 0 bridgehead atoms. The lowest BCUT2D eigenvalue weighted by Gasteiger charge is -2.31. The molecule has 11 nitrogen and oxygen atoms in total. The molecule has 1 aliphatic heterocycles. The third kappa shape index (κ3) is 5.66. The van der Waals surface area contributed by atoms with Crippen LogP contribution in [0.4, 0.5) is 5.69 Å². The summed E-state index contributed by atoms with van der Waals surface area (Å²) in [6.45, 7) is 11.5. The number of amides is 2. The maximum Gasteiger partial charge on any atom is 0.273 e. The Balaban J connectivity index is 1.75. The number of piperidine rings is 1. The fourth-order valence-electron chi connectivity index (χ4n) is 3.89. The van der Waals surface area contributed by atoms with Crippen molar-refractivity contribution < 1.29 is 18.0 Å². The summed E-state index contributed by atoms with van der Waals surface area (Å²) in [7, 11) is -3.77. The molecule has 1 aliphatic rings. The summed E-state index contributed by atoms with van der Waals surface area (Å²) < 4.78 is 31.0. The molecule has 1 saturated heterocycles. The van der Waals surface area contributed by atoms with E-state index < -0.39 is 15.9 Å². The van der Waals surface area contributed by atoms with E-state index in [1.165, 1.54) is 10.5 Å². The lowest BCUT2D eigenvalue weighted by Crippen LogP contribution is -2.43. The van der Waals surface area contributed by atoms with E-state index in [1.54, 1.807) is 22.5 Å². The first kappa shape index (κ1) is 25.9. The molecule has 34 heavy (non-hydrogen) atoms. The quantitative estimate of drug-likeness (QED) is 0.548. The predicted molar refractivity (Wildman–Crippen MR) is 128 cm³/mol. The van der Waals surface area contributed by atoms with Gasteiger partial charge in [0.15, 0.2) is 5.69 Å². The highest BCUT2D eigenvalue weighted by Crippen LogP contribution is 2.26. The molecule has 1 unspecified atom stereocenters. The predicted octanol–water partition coefficient (Wildman–Crippen LogP) is 1.85. The molecule has 0 radical (unpaired) electrons. The number of rotatable bonds is 9. The summed E-state index contributed by atoms with van der Waals surface area (Å²) >= 11 is 0. The Morgan fingerprint density at radius 1 is 1.15 bits per heavy atom. The van der Waals surface area contributed by atoms with Crippen LogP contribution in [0.2, 0.25) is 0 Å². The second-order valence-electron chi connectivity index (χ2n) is 8.98. The zero-order valence-corrected chi connectivity index (χ0v) is 21.4. The maximum absolute atomic E-state index is 13.3. The number of nitrogens with one attached hydrogen (secondary N) is 2. The Morgan fingerprint density at radius 3 is 2.44 bits per heavy atom. The average Bonchev–Trinajstić information content (AvgIpc) is 3.40. The van der Waals surface area contributed by atoms with E-state index >= 15 is 0 Å². The van der Waals surface area contributed by atoms with Crippen molar-refractivity contribution >= 4 is 27.5 Å². The van der Waals surface area contributed by atoms with E-state index in [1.807, 2.05) is 27.7 Å². The van der Waals surface area contributed by atoms with Crippen LogP contribution in [0.3, 0.4) is 0 Å². The van der Waals surface area contributed by atoms with Crippen molar-refractivity contribution in [2.75, 3.05) is 25.0 Å². The lowest BCUT2D eigenvalue weighted by molar-refractivity contribution is -0.120. The van der Waals surface area contributed by atoms with Crippen molar-refractivity contribution in [3.05, 3.63) is 23.8 Å². The van der Waals surface area contributed by atoms with Gasteiger partial charge in [-0.2, -0.15) is 14.5 Å². The SMILES string of the molecule is CCn1cc(S(=O)(=O)N2CCCC(C(=O)Nc3cn(CC)nc3C(=O)NCC(C)C)C2)c(C)n1. The van der Waals surface area contributed by atoms with Crippen molar-refractivity contribution in [1.82, 2.24) is 29.2 Å². The first-order valence-electron chi connectivity index (χ1n) is 11.8. The number of aromatic nitrogens is 4. The molecule has 0 aliphatic carbocycles. The van der Waals surface area contributed by atoms with Gasteiger partial charge in [-0.25, -0.2) is 8.42 Å². The van der Waals surface area contributed by atoms with Crippen molar-refractivity contribution in [2.24, 2.45) is 11.8 Å². The molecule has 188 valence electrons.